The molecule has 38 heavy (non-hydrogen) atoms. The Morgan fingerprint density at radius 3 is 2.37 bits per heavy atom. The zero-order chi connectivity index (χ0) is 26.5. The molecule has 1 aromatic carbocycles. The highest BCUT2D eigenvalue weighted by Crippen LogP contribution is 2.26. The molecule has 3 N–H and O–H groups in total. The molecule has 200 valence electrons. The Balaban J connectivity index is 1.30. The lowest BCUT2D eigenvalue weighted by atomic mass is 10.2. The van der Waals surface area contributed by atoms with Crippen LogP contribution in [-0.2, 0) is 9.59 Å². The third kappa shape index (κ3) is 5.94. The van der Waals surface area contributed by atoms with Gasteiger partial charge in [0.05, 0.1) is 11.9 Å². The van der Waals surface area contributed by atoms with E-state index in [1.807, 2.05) is 40.1 Å². The fraction of sp³-hybridized carbons (Fsp3) is 0.444. The number of likely N-dealkylation sites (tertiary alicyclic amines) is 1. The van der Waals surface area contributed by atoms with Crippen LogP contribution in [0.1, 0.15) is 30.3 Å². The smallest absolute Gasteiger partial charge is 0.270 e. The van der Waals surface area contributed by atoms with E-state index in [-0.39, 0.29) is 17.7 Å². The van der Waals surface area contributed by atoms with Gasteiger partial charge in [-0.15, -0.1) is 0 Å². The Kier molecular flexibility index (Phi) is 7.83. The average Bonchev–Trinajstić information content (AvgIpc) is 3.62. The summed E-state index contributed by atoms with van der Waals surface area (Å²) in [5.74, 6) is 1.12. The summed E-state index contributed by atoms with van der Waals surface area (Å²) >= 11 is 0. The van der Waals surface area contributed by atoms with Crippen LogP contribution in [0.15, 0.2) is 36.4 Å². The number of fused-ring (bicyclic) bond motifs is 1. The maximum absolute atomic E-state index is 13.4. The molecule has 2 aliphatic rings. The standard InChI is InChI=1S/C27H34N8O3/c1-19(36)28-9-10-29-25-21-17-22(30-26(21)32-24(31-25)20-7-3-2-4-8-20)27(38)35-15-13-33(14-16-35)18-23(37)34-11-5-6-12-34/h2-4,7-8,17H,5-6,9-16,18H2,1H3,(H,28,36)(H2,29,30,31,32). The first-order valence-electron chi connectivity index (χ1n) is 13.2. The Morgan fingerprint density at radius 2 is 1.66 bits per heavy atom. The number of benzene rings is 1. The van der Waals surface area contributed by atoms with E-state index in [1.54, 1.807) is 6.07 Å². The zero-order valence-corrected chi connectivity index (χ0v) is 21.7. The van der Waals surface area contributed by atoms with Gasteiger partial charge in [-0.2, -0.15) is 0 Å². The number of aromatic nitrogens is 3. The molecule has 0 radical (unpaired) electrons. The monoisotopic (exact) mass is 518 g/mol. The molecule has 2 saturated heterocycles. The summed E-state index contributed by atoms with van der Waals surface area (Å²) in [7, 11) is 0. The molecule has 11 heteroatoms. The van der Waals surface area contributed by atoms with Gasteiger partial charge in [0.15, 0.2) is 5.82 Å². The normalized spacial score (nSPS) is 16.1. The van der Waals surface area contributed by atoms with Crippen molar-refractivity contribution >= 4 is 34.6 Å². The van der Waals surface area contributed by atoms with E-state index in [4.69, 9.17) is 9.97 Å². The minimum absolute atomic E-state index is 0.0976. The first-order chi connectivity index (χ1) is 18.5. The predicted octanol–water partition coefficient (Wildman–Crippen LogP) is 1.55. The number of piperazine rings is 1. The van der Waals surface area contributed by atoms with Crippen LogP contribution in [0.25, 0.3) is 22.4 Å². The summed E-state index contributed by atoms with van der Waals surface area (Å²) < 4.78 is 0. The number of anilines is 1. The van der Waals surface area contributed by atoms with Gasteiger partial charge in [0.1, 0.15) is 17.2 Å². The van der Waals surface area contributed by atoms with Gasteiger partial charge in [-0.25, -0.2) is 9.97 Å². The van der Waals surface area contributed by atoms with E-state index in [0.29, 0.717) is 74.2 Å². The van der Waals surface area contributed by atoms with Gasteiger partial charge >= 0.3 is 0 Å². The SMILES string of the molecule is CC(=O)NCCNc1nc(-c2ccccc2)nc2[nH]c(C(=O)N3CCN(CC(=O)N4CCCC4)CC3)cc12. The third-order valence-corrected chi connectivity index (χ3v) is 7.02. The second-order valence-corrected chi connectivity index (χ2v) is 9.77. The molecule has 4 heterocycles. The number of aromatic amines is 1. The van der Waals surface area contributed by atoms with Crippen LogP contribution in [0.4, 0.5) is 5.82 Å². The molecule has 2 aromatic heterocycles. The van der Waals surface area contributed by atoms with Crippen molar-refractivity contribution in [2.24, 2.45) is 0 Å². The lowest BCUT2D eigenvalue weighted by Gasteiger charge is -2.34. The van der Waals surface area contributed by atoms with Crippen LogP contribution < -0.4 is 10.6 Å². The van der Waals surface area contributed by atoms with Gasteiger partial charge in [-0.05, 0) is 18.9 Å². The molecule has 0 atom stereocenters. The van der Waals surface area contributed by atoms with Crippen molar-refractivity contribution in [2.45, 2.75) is 19.8 Å². The Labute approximate surface area is 221 Å². The summed E-state index contributed by atoms with van der Waals surface area (Å²) in [5, 5.41) is 6.76. The van der Waals surface area contributed by atoms with Gasteiger partial charge in [0.25, 0.3) is 5.91 Å². The van der Waals surface area contributed by atoms with E-state index in [0.717, 1.165) is 31.5 Å². The molecule has 11 nitrogen and oxygen atoms in total. The highest BCUT2D eigenvalue weighted by molar-refractivity contribution is 6.00. The van der Waals surface area contributed by atoms with Gasteiger partial charge in [-0.3, -0.25) is 19.3 Å². The molecule has 5 rings (SSSR count). The second kappa shape index (κ2) is 11.6. The van der Waals surface area contributed by atoms with Crippen molar-refractivity contribution in [1.82, 2.24) is 35.0 Å². The number of rotatable bonds is 8. The number of H-pyrrole nitrogens is 1. The van der Waals surface area contributed by atoms with Crippen LogP contribution >= 0.6 is 0 Å². The maximum Gasteiger partial charge on any atom is 0.270 e. The topological polar surface area (TPSA) is 127 Å². The van der Waals surface area contributed by atoms with Crippen LogP contribution in [0.5, 0.6) is 0 Å². The average molecular weight is 519 g/mol. The maximum atomic E-state index is 13.4. The third-order valence-electron chi connectivity index (χ3n) is 7.02. The zero-order valence-electron chi connectivity index (χ0n) is 21.7. The number of nitrogens with zero attached hydrogens (tertiary/aromatic N) is 5. The summed E-state index contributed by atoms with van der Waals surface area (Å²) in [4.78, 5) is 55.6. The number of hydrogen-bond acceptors (Lipinski definition) is 7. The number of carbonyl (C=O) groups is 3. The minimum atomic E-state index is -0.0982. The number of carbonyl (C=O) groups excluding carboxylic acids is 3. The molecular weight excluding hydrogens is 484 g/mol. The lowest BCUT2D eigenvalue weighted by molar-refractivity contribution is -0.131. The van der Waals surface area contributed by atoms with E-state index >= 15 is 0 Å². The van der Waals surface area contributed by atoms with E-state index in [1.165, 1.54) is 6.92 Å². The molecule has 3 aromatic rings. The van der Waals surface area contributed by atoms with E-state index in [2.05, 4.69) is 20.5 Å². The lowest BCUT2D eigenvalue weighted by Crippen LogP contribution is -2.51. The number of nitrogens with one attached hydrogen (secondary N) is 3. The van der Waals surface area contributed by atoms with Crippen molar-refractivity contribution in [3.63, 3.8) is 0 Å². The van der Waals surface area contributed by atoms with Crippen LogP contribution in [0.3, 0.4) is 0 Å². The number of amides is 3. The van der Waals surface area contributed by atoms with Gasteiger partial charge in [-0.1, -0.05) is 30.3 Å². The highest BCUT2D eigenvalue weighted by Gasteiger charge is 2.27. The molecule has 0 aliphatic carbocycles. The van der Waals surface area contributed by atoms with Crippen molar-refractivity contribution in [3.05, 3.63) is 42.1 Å². The minimum Gasteiger partial charge on any atom is -0.368 e. The van der Waals surface area contributed by atoms with Crippen LogP contribution in [0, 0.1) is 0 Å². The summed E-state index contributed by atoms with van der Waals surface area (Å²) in [6.07, 6.45) is 2.17. The molecule has 2 aliphatic heterocycles. The summed E-state index contributed by atoms with van der Waals surface area (Å²) in [6.45, 7) is 6.99. The van der Waals surface area contributed by atoms with Crippen LogP contribution in [0.2, 0.25) is 0 Å². The summed E-state index contributed by atoms with van der Waals surface area (Å²) in [5.41, 5.74) is 1.88. The molecule has 3 amide bonds. The molecule has 0 bridgehead atoms. The molecule has 0 spiro atoms. The Morgan fingerprint density at radius 1 is 0.921 bits per heavy atom. The largest absolute Gasteiger partial charge is 0.368 e. The Bertz CT molecular complexity index is 1290. The van der Waals surface area contributed by atoms with Crippen molar-refractivity contribution in [3.8, 4) is 11.4 Å². The van der Waals surface area contributed by atoms with E-state index in [9.17, 15) is 14.4 Å². The summed E-state index contributed by atoms with van der Waals surface area (Å²) in [6, 6.07) is 11.4. The molecule has 2 fully saturated rings. The quantitative estimate of drug-likeness (QED) is 0.386. The van der Waals surface area contributed by atoms with Gasteiger partial charge < -0.3 is 25.4 Å². The van der Waals surface area contributed by atoms with Crippen molar-refractivity contribution < 1.29 is 14.4 Å². The Hall–Kier alpha value is -3.99. The predicted molar refractivity (Wildman–Crippen MR) is 145 cm³/mol. The van der Waals surface area contributed by atoms with Gasteiger partial charge in [0, 0.05) is 64.8 Å². The fourth-order valence-corrected chi connectivity index (χ4v) is 4.93. The van der Waals surface area contributed by atoms with E-state index < -0.39 is 0 Å². The molecule has 0 unspecified atom stereocenters. The number of hydrogen-bond donors (Lipinski definition) is 3. The van der Waals surface area contributed by atoms with Crippen molar-refractivity contribution in [2.75, 3.05) is 64.2 Å². The van der Waals surface area contributed by atoms with Crippen molar-refractivity contribution in [1.29, 1.82) is 0 Å². The fourth-order valence-electron chi connectivity index (χ4n) is 4.93. The van der Waals surface area contributed by atoms with Gasteiger partial charge in [0.2, 0.25) is 11.8 Å². The second-order valence-electron chi connectivity index (χ2n) is 9.77. The first kappa shape index (κ1) is 25.7. The first-order valence-corrected chi connectivity index (χ1v) is 13.2. The highest BCUT2D eigenvalue weighted by atomic mass is 16.2. The molecule has 0 saturated carbocycles. The van der Waals surface area contributed by atoms with Crippen LogP contribution in [-0.4, -0.2) is 106 Å². The molecular formula is C27H34N8O3.